The van der Waals surface area contributed by atoms with Crippen LogP contribution in [0.1, 0.15) is 28.5 Å². The Labute approximate surface area is 109 Å². The molecular formula is C12H16N2OS2. The van der Waals surface area contributed by atoms with Gasteiger partial charge in [-0.15, -0.1) is 11.3 Å². The summed E-state index contributed by atoms with van der Waals surface area (Å²) in [6, 6.07) is 1.96. The molecule has 92 valence electrons. The van der Waals surface area contributed by atoms with Gasteiger partial charge < -0.3 is 10.4 Å². The number of hydrogen-bond acceptors (Lipinski definition) is 5. The first kappa shape index (κ1) is 12.7. The molecule has 2 N–H and O–H groups in total. The number of aliphatic hydroxyl groups excluding tert-OH is 1. The number of aliphatic hydroxyl groups is 1. The summed E-state index contributed by atoms with van der Waals surface area (Å²) in [6.45, 7) is 3.46. The van der Waals surface area contributed by atoms with Gasteiger partial charge in [-0.25, -0.2) is 4.98 Å². The first-order valence-corrected chi connectivity index (χ1v) is 7.40. The molecule has 0 saturated heterocycles. The van der Waals surface area contributed by atoms with E-state index in [0.29, 0.717) is 6.54 Å². The van der Waals surface area contributed by atoms with Gasteiger partial charge in [0.1, 0.15) is 0 Å². The molecule has 0 amide bonds. The molecule has 2 aromatic rings. The Balaban J connectivity index is 1.76. The van der Waals surface area contributed by atoms with Gasteiger partial charge in [-0.05, 0) is 28.8 Å². The van der Waals surface area contributed by atoms with Gasteiger partial charge in [-0.3, -0.25) is 0 Å². The van der Waals surface area contributed by atoms with Crippen molar-refractivity contribution in [3.8, 4) is 0 Å². The maximum absolute atomic E-state index is 9.87. The number of thiazole rings is 1. The molecule has 1 atom stereocenters. The van der Waals surface area contributed by atoms with E-state index in [0.717, 1.165) is 18.5 Å². The van der Waals surface area contributed by atoms with E-state index in [4.69, 9.17) is 0 Å². The minimum Gasteiger partial charge on any atom is -0.387 e. The average Bonchev–Trinajstić information content (AvgIpc) is 3.00. The van der Waals surface area contributed by atoms with Crippen molar-refractivity contribution < 1.29 is 5.11 Å². The monoisotopic (exact) mass is 268 g/mol. The standard InChI is InChI=1S/C12H16N2OS2/c1-2-12-14-6-10(17-12)5-13-7-11(15)9-3-4-16-8-9/h3-4,6,8,11,13,15H,2,5,7H2,1H3. The van der Waals surface area contributed by atoms with Crippen molar-refractivity contribution in [3.63, 3.8) is 0 Å². The van der Waals surface area contributed by atoms with Crippen LogP contribution in [0.15, 0.2) is 23.0 Å². The van der Waals surface area contributed by atoms with Gasteiger partial charge in [-0.2, -0.15) is 11.3 Å². The molecule has 0 saturated carbocycles. The molecule has 0 aliphatic carbocycles. The second-order valence-electron chi connectivity index (χ2n) is 3.78. The summed E-state index contributed by atoms with van der Waals surface area (Å²) in [4.78, 5) is 5.52. The Morgan fingerprint density at radius 2 is 2.41 bits per heavy atom. The highest BCUT2D eigenvalue weighted by atomic mass is 32.1. The fraction of sp³-hybridized carbons (Fsp3) is 0.417. The zero-order valence-electron chi connectivity index (χ0n) is 9.72. The van der Waals surface area contributed by atoms with Gasteiger partial charge in [0, 0.05) is 24.2 Å². The minimum absolute atomic E-state index is 0.417. The van der Waals surface area contributed by atoms with Crippen LogP contribution >= 0.6 is 22.7 Å². The Hall–Kier alpha value is -0.750. The molecule has 17 heavy (non-hydrogen) atoms. The molecule has 0 bridgehead atoms. The summed E-state index contributed by atoms with van der Waals surface area (Å²) in [5.41, 5.74) is 0.987. The molecule has 0 spiro atoms. The average molecular weight is 268 g/mol. The lowest BCUT2D eigenvalue weighted by Gasteiger charge is -2.09. The summed E-state index contributed by atoms with van der Waals surface area (Å²) in [7, 11) is 0. The summed E-state index contributed by atoms with van der Waals surface area (Å²) in [5, 5.41) is 18.3. The van der Waals surface area contributed by atoms with E-state index in [1.165, 1.54) is 9.88 Å². The third-order valence-corrected chi connectivity index (χ3v) is 4.31. The lowest BCUT2D eigenvalue weighted by Crippen LogP contribution is -2.20. The fourth-order valence-electron chi connectivity index (χ4n) is 1.51. The summed E-state index contributed by atoms with van der Waals surface area (Å²) in [5.74, 6) is 0. The van der Waals surface area contributed by atoms with Crippen LogP contribution in [0.25, 0.3) is 0 Å². The molecule has 0 fully saturated rings. The van der Waals surface area contributed by atoms with Crippen LogP contribution in [-0.2, 0) is 13.0 Å². The van der Waals surface area contributed by atoms with Gasteiger partial charge >= 0.3 is 0 Å². The van der Waals surface area contributed by atoms with Crippen molar-refractivity contribution in [3.05, 3.63) is 38.5 Å². The second-order valence-corrected chi connectivity index (χ2v) is 5.76. The van der Waals surface area contributed by atoms with Crippen LogP contribution in [0.4, 0.5) is 0 Å². The maximum Gasteiger partial charge on any atom is 0.0925 e. The van der Waals surface area contributed by atoms with Crippen molar-refractivity contribution in [2.45, 2.75) is 26.0 Å². The molecule has 0 aliphatic rings. The smallest absolute Gasteiger partial charge is 0.0925 e. The minimum atomic E-state index is -0.417. The number of aromatic nitrogens is 1. The van der Waals surface area contributed by atoms with Crippen LogP contribution in [-0.4, -0.2) is 16.6 Å². The highest BCUT2D eigenvalue weighted by Gasteiger charge is 2.07. The Morgan fingerprint density at radius 3 is 3.06 bits per heavy atom. The summed E-state index contributed by atoms with van der Waals surface area (Å²) < 4.78 is 0. The van der Waals surface area contributed by atoms with Crippen molar-refractivity contribution in [1.29, 1.82) is 0 Å². The topological polar surface area (TPSA) is 45.2 Å². The predicted molar refractivity (Wildman–Crippen MR) is 72.5 cm³/mol. The second kappa shape index (κ2) is 6.26. The van der Waals surface area contributed by atoms with Gasteiger partial charge in [0.15, 0.2) is 0 Å². The summed E-state index contributed by atoms with van der Waals surface area (Å²) in [6.07, 6.45) is 2.48. The first-order chi connectivity index (χ1) is 8.29. The predicted octanol–water partition coefficient (Wildman–Crippen LogP) is 2.59. The van der Waals surface area contributed by atoms with E-state index in [1.54, 1.807) is 22.7 Å². The van der Waals surface area contributed by atoms with Crippen LogP contribution in [0, 0.1) is 0 Å². The molecule has 0 aliphatic heterocycles. The number of hydrogen-bond donors (Lipinski definition) is 2. The van der Waals surface area contributed by atoms with Crippen molar-refractivity contribution >= 4 is 22.7 Å². The largest absolute Gasteiger partial charge is 0.387 e. The molecule has 3 nitrogen and oxygen atoms in total. The van der Waals surface area contributed by atoms with Crippen molar-refractivity contribution in [2.24, 2.45) is 0 Å². The van der Waals surface area contributed by atoms with Gasteiger partial charge in [-0.1, -0.05) is 6.92 Å². The molecule has 5 heteroatoms. The Bertz CT molecular complexity index is 439. The number of aryl methyl sites for hydroxylation is 1. The zero-order valence-corrected chi connectivity index (χ0v) is 11.4. The highest BCUT2D eigenvalue weighted by Crippen LogP contribution is 2.16. The molecule has 0 aromatic carbocycles. The third-order valence-electron chi connectivity index (χ3n) is 2.47. The Morgan fingerprint density at radius 1 is 1.53 bits per heavy atom. The van der Waals surface area contributed by atoms with Crippen molar-refractivity contribution in [1.82, 2.24) is 10.3 Å². The lowest BCUT2D eigenvalue weighted by atomic mass is 10.2. The summed E-state index contributed by atoms with van der Waals surface area (Å²) >= 11 is 3.34. The molecule has 2 heterocycles. The molecule has 1 unspecified atom stereocenters. The molecule has 2 rings (SSSR count). The highest BCUT2D eigenvalue weighted by molar-refractivity contribution is 7.11. The Kier molecular flexibility index (Phi) is 4.67. The quantitative estimate of drug-likeness (QED) is 0.846. The van der Waals surface area contributed by atoms with Crippen LogP contribution in [0.5, 0.6) is 0 Å². The van der Waals surface area contributed by atoms with Gasteiger partial charge in [0.25, 0.3) is 0 Å². The van der Waals surface area contributed by atoms with Crippen LogP contribution < -0.4 is 5.32 Å². The number of rotatable bonds is 6. The normalized spacial score (nSPS) is 12.8. The lowest BCUT2D eigenvalue weighted by molar-refractivity contribution is 0.175. The zero-order chi connectivity index (χ0) is 12.1. The molecule has 2 aromatic heterocycles. The van der Waals surface area contributed by atoms with E-state index >= 15 is 0 Å². The van der Waals surface area contributed by atoms with Crippen LogP contribution in [0.3, 0.4) is 0 Å². The third kappa shape index (κ3) is 3.61. The van der Waals surface area contributed by atoms with Gasteiger partial charge in [0.05, 0.1) is 11.1 Å². The fourth-order valence-corrected chi connectivity index (χ4v) is 3.05. The van der Waals surface area contributed by atoms with E-state index in [2.05, 4.69) is 17.2 Å². The van der Waals surface area contributed by atoms with E-state index in [-0.39, 0.29) is 0 Å². The molecule has 0 radical (unpaired) electrons. The van der Waals surface area contributed by atoms with Crippen molar-refractivity contribution in [2.75, 3.05) is 6.54 Å². The SMILES string of the molecule is CCc1ncc(CNCC(O)c2ccsc2)s1. The first-order valence-electron chi connectivity index (χ1n) is 5.64. The van der Waals surface area contributed by atoms with E-state index in [9.17, 15) is 5.11 Å². The molecular weight excluding hydrogens is 252 g/mol. The van der Waals surface area contributed by atoms with Crippen LogP contribution in [0.2, 0.25) is 0 Å². The van der Waals surface area contributed by atoms with E-state index < -0.39 is 6.10 Å². The van der Waals surface area contributed by atoms with Gasteiger partial charge in [0.2, 0.25) is 0 Å². The number of nitrogens with zero attached hydrogens (tertiary/aromatic N) is 1. The number of nitrogens with one attached hydrogen (secondary N) is 1. The maximum atomic E-state index is 9.87. The number of thiophene rings is 1. The van der Waals surface area contributed by atoms with E-state index in [1.807, 2.05) is 23.0 Å².